The summed E-state index contributed by atoms with van der Waals surface area (Å²) in [5.74, 6) is 0.631. The van der Waals surface area contributed by atoms with Gasteiger partial charge in [-0.2, -0.15) is 5.10 Å². The van der Waals surface area contributed by atoms with Crippen molar-refractivity contribution in [1.29, 1.82) is 0 Å². The van der Waals surface area contributed by atoms with Crippen molar-refractivity contribution in [2.24, 2.45) is 12.5 Å². The predicted octanol–water partition coefficient (Wildman–Crippen LogP) is 2.80. The molecule has 1 unspecified atom stereocenters. The van der Waals surface area contributed by atoms with Crippen LogP contribution in [-0.4, -0.2) is 19.3 Å². The molecule has 1 aliphatic rings. The summed E-state index contributed by atoms with van der Waals surface area (Å²) >= 11 is 0. The molecule has 2 aromatic rings. The Kier molecular flexibility index (Phi) is 2.62. The minimum Gasteiger partial charge on any atom is -0.369 e. The monoisotopic (exact) mass is 261 g/mol. The van der Waals surface area contributed by atoms with Gasteiger partial charge in [-0.1, -0.05) is 26.7 Å². The van der Waals surface area contributed by atoms with Gasteiger partial charge in [0.1, 0.15) is 5.52 Å². The molecule has 1 aliphatic carbocycles. The summed E-state index contributed by atoms with van der Waals surface area (Å²) < 4.78 is 4.13. The molecule has 1 atom stereocenters. The first-order chi connectivity index (χ1) is 8.92. The first kappa shape index (κ1) is 12.5. The summed E-state index contributed by atoms with van der Waals surface area (Å²) in [5.41, 5.74) is 9.43. The number of hydrogen-bond acceptors (Lipinski definition) is 3. The van der Waals surface area contributed by atoms with E-state index >= 15 is 0 Å². The van der Waals surface area contributed by atoms with Crippen molar-refractivity contribution in [1.82, 2.24) is 19.3 Å². The number of imidazole rings is 1. The maximum atomic E-state index is 6.20. The average Bonchev–Trinajstić information content (AvgIpc) is 2.78. The smallest absolute Gasteiger partial charge is 0.202 e. The fourth-order valence-electron chi connectivity index (χ4n) is 3.57. The van der Waals surface area contributed by atoms with E-state index in [9.17, 15) is 0 Å². The summed E-state index contributed by atoms with van der Waals surface area (Å²) in [5, 5.41) is 4.47. The number of nitrogens with two attached hydrogens (primary N) is 1. The maximum Gasteiger partial charge on any atom is 0.202 e. The summed E-state index contributed by atoms with van der Waals surface area (Å²) in [6, 6.07) is 0.418. The molecule has 1 fully saturated rings. The van der Waals surface area contributed by atoms with Crippen LogP contribution >= 0.6 is 0 Å². The Morgan fingerprint density at radius 2 is 2.05 bits per heavy atom. The van der Waals surface area contributed by atoms with Crippen molar-refractivity contribution in [2.75, 3.05) is 5.73 Å². The van der Waals surface area contributed by atoms with E-state index in [1.54, 1.807) is 0 Å². The van der Waals surface area contributed by atoms with Crippen LogP contribution in [0.5, 0.6) is 0 Å². The quantitative estimate of drug-likeness (QED) is 0.858. The van der Waals surface area contributed by atoms with Crippen LogP contribution in [0, 0.1) is 12.3 Å². The number of nitrogens with zero attached hydrogens (tertiary/aromatic N) is 4. The largest absolute Gasteiger partial charge is 0.369 e. The van der Waals surface area contributed by atoms with Gasteiger partial charge in [-0.05, 0) is 25.2 Å². The lowest BCUT2D eigenvalue weighted by atomic mass is 9.73. The fraction of sp³-hybridized carbons (Fsp3) is 0.714. The lowest BCUT2D eigenvalue weighted by molar-refractivity contribution is 0.148. The second-order valence-electron chi connectivity index (χ2n) is 6.47. The Bertz CT molecular complexity index is 619. The third-order valence-corrected chi connectivity index (χ3v) is 4.62. The molecule has 0 bridgehead atoms. The highest BCUT2D eigenvalue weighted by Crippen LogP contribution is 2.45. The molecule has 104 valence electrons. The predicted molar refractivity (Wildman–Crippen MR) is 76.9 cm³/mol. The summed E-state index contributed by atoms with van der Waals surface area (Å²) in [7, 11) is 1.97. The minimum atomic E-state index is 0.262. The standard InChI is InChI=1S/C14H23N5/c1-9-11-12(18(4)17-9)19(13(15)16-11)10-7-5-6-8-14(10,2)3/h10H,5-8H2,1-4H3,(H2,15,16). The van der Waals surface area contributed by atoms with Gasteiger partial charge in [0, 0.05) is 13.1 Å². The van der Waals surface area contributed by atoms with Gasteiger partial charge in [-0.15, -0.1) is 0 Å². The lowest BCUT2D eigenvalue weighted by Crippen LogP contribution is -2.31. The minimum absolute atomic E-state index is 0.262. The van der Waals surface area contributed by atoms with Gasteiger partial charge in [0.2, 0.25) is 5.95 Å². The SMILES string of the molecule is Cc1nn(C)c2c1nc(N)n2C1CCCCC1(C)C. The molecule has 19 heavy (non-hydrogen) atoms. The summed E-state index contributed by atoms with van der Waals surface area (Å²) in [4.78, 5) is 4.53. The third-order valence-electron chi connectivity index (χ3n) is 4.62. The van der Waals surface area contributed by atoms with E-state index in [0.29, 0.717) is 12.0 Å². The van der Waals surface area contributed by atoms with E-state index in [1.807, 2.05) is 18.7 Å². The Morgan fingerprint density at radius 1 is 1.32 bits per heavy atom. The Balaban J connectivity index is 2.21. The van der Waals surface area contributed by atoms with Crippen LogP contribution in [0.1, 0.15) is 51.3 Å². The maximum absolute atomic E-state index is 6.20. The molecule has 0 radical (unpaired) electrons. The molecule has 2 heterocycles. The molecule has 0 aliphatic heterocycles. The number of fused-ring (bicyclic) bond motifs is 1. The van der Waals surface area contributed by atoms with E-state index in [1.165, 1.54) is 25.7 Å². The molecule has 2 N–H and O–H groups in total. The van der Waals surface area contributed by atoms with E-state index in [0.717, 1.165) is 16.9 Å². The van der Waals surface area contributed by atoms with Crippen molar-refractivity contribution in [2.45, 2.75) is 52.5 Å². The Hall–Kier alpha value is -1.52. The third kappa shape index (κ3) is 1.75. The molecule has 0 saturated heterocycles. The number of hydrogen-bond donors (Lipinski definition) is 1. The molecule has 2 aromatic heterocycles. The van der Waals surface area contributed by atoms with Crippen molar-refractivity contribution in [3.63, 3.8) is 0 Å². The van der Waals surface area contributed by atoms with E-state index < -0.39 is 0 Å². The van der Waals surface area contributed by atoms with Crippen LogP contribution < -0.4 is 5.73 Å². The molecular formula is C14H23N5. The van der Waals surface area contributed by atoms with Gasteiger partial charge in [-0.25, -0.2) is 4.98 Å². The normalized spacial score (nSPS) is 23.1. The highest BCUT2D eigenvalue weighted by molar-refractivity contribution is 5.77. The first-order valence-corrected chi connectivity index (χ1v) is 7.09. The molecule has 0 aromatic carbocycles. The van der Waals surface area contributed by atoms with E-state index in [-0.39, 0.29) is 5.41 Å². The van der Waals surface area contributed by atoms with Gasteiger partial charge in [0.15, 0.2) is 5.65 Å². The molecule has 5 nitrogen and oxygen atoms in total. The molecule has 1 saturated carbocycles. The first-order valence-electron chi connectivity index (χ1n) is 7.09. The van der Waals surface area contributed by atoms with Crippen LogP contribution in [0.25, 0.3) is 11.2 Å². The number of rotatable bonds is 1. The number of aromatic nitrogens is 4. The van der Waals surface area contributed by atoms with Gasteiger partial charge < -0.3 is 5.73 Å². The van der Waals surface area contributed by atoms with E-state index in [4.69, 9.17) is 5.73 Å². The highest BCUT2D eigenvalue weighted by atomic mass is 15.4. The summed E-state index contributed by atoms with van der Waals surface area (Å²) in [6.45, 7) is 6.67. The van der Waals surface area contributed by atoms with Crippen molar-refractivity contribution in [3.8, 4) is 0 Å². The van der Waals surface area contributed by atoms with Gasteiger partial charge in [0.25, 0.3) is 0 Å². The zero-order valence-electron chi connectivity index (χ0n) is 12.3. The van der Waals surface area contributed by atoms with E-state index in [2.05, 4.69) is 28.5 Å². The van der Waals surface area contributed by atoms with Crippen LogP contribution in [0.3, 0.4) is 0 Å². The molecule has 3 rings (SSSR count). The van der Waals surface area contributed by atoms with Crippen LogP contribution in [0.4, 0.5) is 5.95 Å². The van der Waals surface area contributed by atoms with Crippen LogP contribution in [0.2, 0.25) is 0 Å². The van der Waals surface area contributed by atoms with Crippen molar-refractivity contribution >= 4 is 17.1 Å². The zero-order chi connectivity index (χ0) is 13.8. The van der Waals surface area contributed by atoms with Gasteiger partial charge in [0.05, 0.1) is 5.69 Å². The zero-order valence-corrected chi connectivity index (χ0v) is 12.3. The molecule has 0 amide bonds. The Morgan fingerprint density at radius 3 is 2.74 bits per heavy atom. The van der Waals surface area contributed by atoms with Crippen LogP contribution in [-0.2, 0) is 7.05 Å². The fourth-order valence-corrected chi connectivity index (χ4v) is 3.57. The van der Waals surface area contributed by atoms with Gasteiger partial charge >= 0.3 is 0 Å². The van der Waals surface area contributed by atoms with Gasteiger partial charge in [-0.3, -0.25) is 9.25 Å². The topological polar surface area (TPSA) is 61.7 Å². The lowest BCUT2D eigenvalue weighted by Gasteiger charge is -2.39. The van der Waals surface area contributed by atoms with Crippen molar-refractivity contribution < 1.29 is 0 Å². The number of anilines is 1. The Labute approximate surface area is 113 Å². The molecule has 0 spiro atoms. The van der Waals surface area contributed by atoms with Crippen molar-refractivity contribution in [3.05, 3.63) is 5.69 Å². The number of nitrogen functional groups attached to an aromatic ring is 1. The van der Waals surface area contributed by atoms with Crippen LogP contribution in [0.15, 0.2) is 0 Å². The number of aryl methyl sites for hydroxylation is 2. The molecular weight excluding hydrogens is 238 g/mol. The highest BCUT2D eigenvalue weighted by Gasteiger charge is 2.36. The summed E-state index contributed by atoms with van der Waals surface area (Å²) in [6.07, 6.45) is 5.00. The second-order valence-corrected chi connectivity index (χ2v) is 6.47. The average molecular weight is 261 g/mol. The molecule has 5 heteroatoms. The second kappa shape index (κ2) is 3.99.